The third kappa shape index (κ3) is 5.85. The number of nitrogens with zero attached hydrogens (tertiary/aromatic N) is 2. The van der Waals surface area contributed by atoms with Crippen LogP contribution < -0.4 is 5.32 Å². The number of amides is 2. The Kier molecular flexibility index (Phi) is 7.50. The Morgan fingerprint density at radius 1 is 1.35 bits per heavy atom. The first-order chi connectivity index (χ1) is 9.54. The van der Waals surface area contributed by atoms with E-state index in [1.54, 1.807) is 21.2 Å². The monoisotopic (exact) mass is 287 g/mol. The van der Waals surface area contributed by atoms with Gasteiger partial charge >= 0.3 is 0 Å². The Hall–Kier alpha value is -1.18. The lowest BCUT2D eigenvalue weighted by molar-refractivity contribution is -0.141. The van der Waals surface area contributed by atoms with Crippen LogP contribution in [0.1, 0.15) is 6.42 Å². The first-order valence-electron chi connectivity index (χ1n) is 6.83. The molecule has 1 N–H and O–H groups in total. The molecule has 0 aliphatic carbocycles. The Morgan fingerprint density at radius 2 is 2.10 bits per heavy atom. The minimum atomic E-state index is -0.115. The molecule has 1 aliphatic heterocycles. The number of carbonyl (C=O) groups excluding carboxylic acids is 2. The number of methoxy groups -OCH3 is 1. The minimum Gasteiger partial charge on any atom is -0.383 e. The normalized spacial score (nSPS) is 18.6. The van der Waals surface area contributed by atoms with Crippen LogP contribution in [-0.2, 0) is 19.1 Å². The maximum atomic E-state index is 12.3. The quantitative estimate of drug-likeness (QED) is 0.645. The molecule has 0 saturated carbocycles. The molecule has 1 heterocycles. The summed E-state index contributed by atoms with van der Waals surface area (Å²) >= 11 is 0. The highest BCUT2D eigenvalue weighted by Gasteiger charge is 2.23. The van der Waals surface area contributed by atoms with Crippen molar-refractivity contribution in [1.29, 1.82) is 0 Å². The van der Waals surface area contributed by atoms with Crippen molar-refractivity contribution in [3.8, 4) is 0 Å². The van der Waals surface area contributed by atoms with Gasteiger partial charge in [-0.25, -0.2) is 0 Å². The SMILES string of the molecule is COCCN(CC(=O)N(C)C)C(=O)CC1CNCCO1. The fraction of sp³-hybridized carbons (Fsp3) is 0.846. The summed E-state index contributed by atoms with van der Waals surface area (Å²) < 4.78 is 10.5. The van der Waals surface area contributed by atoms with Gasteiger partial charge in [0, 0.05) is 40.8 Å². The molecule has 7 nitrogen and oxygen atoms in total. The summed E-state index contributed by atoms with van der Waals surface area (Å²) in [5.74, 6) is -0.178. The van der Waals surface area contributed by atoms with Crippen LogP contribution in [-0.4, -0.2) is 88.3 Å². The lowest BCUT2D eigenvalue weighted by atomic mass is 10.2. The van der Waals surface area contributed by atoms with Gasteiger partial charge in [-0.05, 0) is 0 Å². The number of nitrogens with one attached hydrogen (secondary N) is 1. The van der Waals surface area contributed by atoms with Crippen LogP contribution in [0.5, 0.6) is 0 Å². The number of hydrogen-bond donors (Lipinski definition) is 1. The molecule has 7 heteroatoms. The van der Waals surface area contributed by atoms with E-state index in [0.29, 0.717) is 26.3 Å². The van der Waals surface area contributed by atoms with Crippen LogP contribution >= 0.6 is 0 Å². The second kappa shape index (κ2) is 8.89. The number of ether oxygens (including phenoxy) is 2. The number of morpholine rings is 1. The molecule has 20 heavy (non-hydrogen) atoms. The van der Waals surface area contributed by atoms with Crippen LogP contribution in [0.3, 0.4) is 0 Å². The van der Waals surface area contributed by atoms with Gasteiger partial charge in [-0.1, -0.05) is 0 Å². The van der Waals surface area contributed by atoms with Crippen LogP contribution in [0.4, 0.5) is 0 Å². The van der Waals surface area contributed by atoms with Crippen molar-refractivity contribution < 1.29 is 19.1 Å². The van der Waals surface area contributed by atoms with Crippen molar-refractivity contribution in [2.75, 3.05) is 60.6 Å². The largest absolute Gasteiger partial charge is 0.383 e. The van der Waals surface area contributed by atoms with Gasteiger partial charge in [0.2, 0.25) is 11.8 Å². The summed E-state index contributed by atoms with van der Waals surface area (Å²) in [6.45, 7) is 3.01. The summed E-state index contributed by atoms with van der Waals surface area (Å²) in [7, 11) is 4.93. The predicted molar refractivity (Wildman–Crippen MR) is 74.4 cm³/mol. The van der Waals surface area contributed by atoms with E-state index in [1.165, 1.54) is 9.80 Å². The molecule has 0 bridgehead atoms. The summed E-state index contributed by atoms with van der Waals surface area (Å²) in [5, 5.41) is 3.19. The second-order valence-corrected chi connectivity index (χ2v) is 5.00. The molecular formula is C13H25N3O4. The molecule has 0 radical (unpaired) electrons. The molecule has 1 aliphatic rings. The molecule has 2 amide bonds. The number of likely N-dealkylation sites (N-methyl/N-ethyl adjacent to an activating group) is 1. The van der Waals surface area contributed by atoms with Gasteiger partial charge in [0.1, 0.15) is 0 Å². The molecule has 0 aromatic heterocycles. The van der Waals surface area contributed by atoms with E-state index in [0.717, 1.165) is 6.54 Å². The first-order valence-corrected chi connectivity index (χ1v) is 6.83. The first kappa shape index (κ1) is 16.9. The van der Waals surface area contributed by atoms with E-state index in [9.17, 15) is 9.59 Å². The van der Waals surface area contributed by atoms with Gasteiger partial charge in [-0.2, -0.15) is 0 Å². The van der Waals surface area contributed by atoms with E-state index in [-0.39, 0.29) is 30.9 Å². The molecule has 0 aromatic rings. The molecule has 1 rings (SSSR count). The fourth-order valence-corrected chi connectivity index (χ4v) is 1.87. The van der Waals surface area contributed by atoms with E-state index in [4.69, 9.17) is 9.47 Å². The highest BCUT2D eigenvalue weighted by Crippen LogP contribution is 2.05. The Bertz CT molecular complexity index is 317. The van der Waals surface area contributed by atoms with Crippen LogP contribution in [0.2, 0.25) is 0 Å². The molecular weight excluding hydrogens is 262 g/mol. The predicted octanol–water partition coefficient (Wildman–Crippen LogP) is -1.07. The highest BCUT2D eigenvalue weighted by atomic mass is 16.5. The van der Waals surface area contributed by atoms with Gasteiger partial charge < -0.3 is 24.6 Å². The van der Waals surface area contributed by atoms with E-state index in [1.807, 2.05) is 0 Å². The summed E-state index contributed by atoms with van der Waals surface area (Å²) in [5.41, 5.74) is 0. The maximum absolute atomic E-state index is 12.3. The molecule has 1 saturated heterocycles. The Morgan fingerprint density at radius 3 is 2.65 bits per heavy atom. The topological polar surface area (TPSA) is 71.1 Å². The summed E-state index contributed by atoms with van der Waals surface area (Å²) in [4.78, 5) is 27.0. The summed E-state index contributed by atoms with van der Waals surface area (Å²) in [6, 6.07) is 0. The molecule has 1 atom stereocenters. The van der Waals surface area contributed by atoms with Crippen molar-refractivity contribution in [3.05, 3.63) is 0 Å². The summed E-state index contributed by atoms with van der Waals surface area (Å²) in [6.07, 6.45) is 0.174. The van der Waals surface area contributed by atoms with Crippen LogP contribution in [0, 0.1) is 0 Å². The van der Waals surface area contributed by atoms with Gasteiger partial charge in [0.15, 0.2) is 0 Å². The average Bonchev–Trinajstić information content (AvgIpc) is 2.43. The van der Waals surface area contributed by atoms with Crippen molar-refractivity contribution in [3.63, 3.8) is 0 Å². The Balaban J connectivity index is 2.51. The lowest BCUT2D eigenvalue weighted by Gasteiger charge is -2.27. The Labute approximate surface area is 120 Å². The maximum Gasteiger partial charge on any atom is 0.241 e. The number of rotatable bonds is 7. The zero-order valence-corrected chi connectivity index (χ0v) is 12.6. The van der Waals surface area contributed by atoms with Crippen molar-refractivity contribution in [1.82, 2.24) is 15.1 Å². The lowest BCUT2D eigenvalue weighted by Crippen LogP contribution is -2.45. The number of hydrogen-bond acceptors (Lipinski definition) is 5. The standard InChI is InChI=1S/C13H25N3O4/c1-15(2)13(18)10-16(5-7-19-3)12(17)8-11-9-14-4-6-20-11/h11,14H,4-10H2,1-3H3. The fourth-order valence-electron chi connectivity index (χ4n) is 1.87. The highest BCUT2D eigenvalue weighted by molar-refractivity contribution is 5.84. The molecule has 0 aromatic carbocycles. The third-order valence-electron chi connectivity index (χ3n) is 3.15. The van der Waals surface area contributed by atoms with E-state index < -0.39 is 0 Å². The van der Waals surface area contributed by atoms with Gasteiger partial charge in [-0.15, -0.1) is 0 Å². The van der Waals surface area contributed by atoms with Gasteiger partial charge in [0.25, 0.3) is 0 Å². The van der Waals surface area contributed by atoms with Crippen LogP contribution in [0.25, 0.3) is 0 Å². The third-order valence-corrected chi connectivity index (χ3v) is 3.15. The van der Waals surface area contributed by atoms with Crippen molar-refractivity contribution >= 4 is 11.8 Å². The van der Waals surface area contributed by atoms with E-state index >= 15 is 0 Å². The zero-order valence-electron chi connectivity index (χ0n) is 12.6. The number of carbonyl (C=O) groups is 2. The molecule has 1 unspecified atom stereocenters. The van der Waals surface area contributed by atoms with Crippen molar-refractivity contribution in [2.24, 2.45) is 0 Å². The average molecular weight is 287 g/mol. The van der Waals surface area contributed by atoms with Crippen molar-refractivity contribution in [2.45, 2.75) is 12.5 Å². The van der Waals surface area contributed by atoms with Gasteiger partial charge in [-0.3, -0.25) is 9.59 Å². The molecule has 116 valence electrons. The second-order valence-electron chi connectivity index (χ2n) is 5.00. The zero-order chi connectivity index (χ0) is 15.0. The molecule has 0 spiro atoms. The van der Waals surface area contributed by atoms with E-state index in [2.05, 4.69) is 5.32 Å². The minimum absolute atomic E-state index is 0.0778. The smallest absolute Gasteiger partial charge is 0.241 e. The van der Waals surface area contributed by atoms with Gasteiger partial charge in [0.05, 0.1) is 32.3 Å². The molecule has 1 fully saturated rings. The van der Waals surface area contributed by atoms with Crippen LogP contribution in [0.15, 0.2) is 0 Å².